The predicted molar refractivity (Wildman–Crippen MR) is 78.9 cm³/mol. The molecule has 5 nitrogen and oxygen atoms in total. The number of hydrogen-bond donors (Lipinski definition) is 0. The summed E-state index contributed by atoms with van der Waals surface area (Å²) >= 11 is 0. The van der Waals surface area contributed by atoms with E-state index in [1.54, 1.807) is 13.0 Å². The second-order valence-electron chi connectivity index (χ2n) is 4.51. The van der Waals surface area contributed by atoms with E-state index in [9.17, 15) is 19.3 Å². The molecule has 0 atom stereocenters. The van der Waals surface area contributed by atoms with Gasteiger partial charge in [0, 0.05) is 17.7 Å². The van der Waals surface area contributed by atoms with E-state index in [2.05, 4.69) is 0 Å². The van der Waals surface area contributed by atoms with Gasteiger partial charge in [-0.05, 0) is 42.8 Å². The van der Waals surface area contributed by atoms with Gasteiger partial charge in [0.25, 0.3) is 5.69 Å². The molecule has 0 radical (unpaired) electrons. The van der Waals surface area contributed by atoms with Crippen LogP contribution in [0.1, 0.15) is 11.1 Å². The van der Waals surface area contributed by atoms with Gasteiger partial charge in [-0.1, -0.05) is 12.1 Å². The highest BCUT2D eigenvalue weighted by Crippen LogP contribution is 2.23. The van der Waals surface area contributed by atoms with Gasteiger partial charge in [-0.15, -0.1) is 0 Å². The number of nitrogens with zero attached hydrogens (tertiary/aromatic N) is 1. The number of nitro benzene ring substituents is 1. The van der Waals surface area contributed by atoms with Gasteiger partial charge in [0.1, 0.15) is 11.6 Å². The standard InChI is InChI=1S/C16H12FNO4/c1-11-9-14(6-7-15(11)18(20)21)22-16(19)8-5-12-3-2-4-13(17)10-12/h2-10H,1H3/b8-5+. The highest BCUT2D eigenvalue weighted by Gasteiger charge is 2.11. The first-order valence-electron chi connectivity index (χ1n) is 6.36. The van der Waals surface area contributed by atoms with Gasteiger partial charge in [-0.3, -0.25) is 10.1 Å². The van der Waals surface area contributed by atoms with Crippen LogP contribution in [0.5, 0.6) is 5.75 Å². The van der Waals surface area contributed by atoms with Crippen molar-refractivity contribution in [1.82, 2.24) is 0 Å². The molecule has 112 valence electrons. The van der Waals surface area contributed by atoms with Gasteiger partial charge >= 0.3 is 5.97 Å². The molecule has 0 heterocycles. The number of aryl methyl sites for hydroxylation is 1. The maximum atomic E-state index is 13.0. The summed E-state index contributed by atoms with van der Waals surface area (Å²) in [5, 5.41) is 10.7. The molecular formula is C16H12FNO4. The molecule has 0 bridgehead atoms. The first-order valence-corrected chi connectivity index (χ1v) is 6.36. The Labute approximate surface area is 125 Å². The number of halogens is 1. The molecule has 2 aromatic carbocycles. The minimum absolute atomic E-state index is 0.0462. The van der Waals surface area contributed by atoms with Crippen molar-refractivity contribution >= 4 is 17.7 Å². The molecule has 0 amide bonds. The van der Waals surface area contributed by atoms with Crippen molar-refractivity contribution < 1.29 is 18.8 Å². The number of carbonyl (C=O) groups is 1. The number of carbonyl (C=O) groups excluding carboxylic acids is 1. The number of hydrogen-bond acceptors (Lipinski definition) is 4. The van der Waals surface area contributed by atoms with Crippen molar-refractivity contribution in [2.24, 2.45) is 0 Å². The van der Waals surface area contributed by atoms with Crippen LogP contribution in [-0.2, 0) is 4.79 Å². The second-order valence-corrected chi connectivity index (χ2v) is 4.51. The molecule has 0 aliphatic carbocycles. The Morgan fingerprint density at radius 1 is 1.27 bits per heavy atom. The van der Waals surface area contributed by atoms with Gasteiger partial charge in [-0.25, -0.2) is 9.18 Å². The summed E-state index contributed by atoms with van der Waals surface area (Å²) in [6.07, 6.45) is 2.58. The quantitative estimate of drug-likeness (QED) is 0.284. The third-order valence-electron chi connectivity index (χ3n) is 2.84. The maximum absolute atomic E-state index is 13.0. The minimum atomic E-state index is -0.655. The second kappa shape index (κ2) is 6.62. The molecule has 2 rings (SSSR count). The van der Waals surface area contributed by atoms with Crippen molar-refractivity contribution in [3.8, 4) is 5.75 Å². The zero-order valence-electron chi connectivity index (χ0n) is 11.7. The summed E-state index contributed by atoms with van der Waals surface area (Å²) in [4.78, 5) is 21.9. The molecule has 0 aliphatic rings. The van der Waals surface area contributed by atoms with Crippen molar-refractivity contribution in [1.29, 1.82) is 0 Å². The molecule has 22 heavy (non-hydrogen) atoms. The molecule has 0 spiro atoms. The highest BCUT2D eigenvalue weighted by molar-refractivity contribution is 5.88. The molecule has 2 aromatic rings. The SMILES string of the molecule is Cc1cc(OC(=O)/C=C/c2cccc(F)c2)ccc1[N+](=O)[O-]. The number of nitro groups is 1. The lowest BCUT2D eigenvalue weighted by Crippen LogP contribution is -2.04. The monoisotopic (exact) mass is 301 g/mol. The van der Waals surface area contributed by atoms with E-state index in [0.29, 0.717) is 11.1 Å². The summed E-state index contributed by atoms with van der Waals surface area (Å²) < 4.78 is 18.0. The Balaban J connectivity index is 2.06. The van der Waals surface area contributed by atoms with E-state index in [0.717, 1.165) is 6.08 Å². The lowest BCUT2D eigenvalue weighted by molar-refractivity contribution is -0.385. The zero-order valence-corrected chi connectivity index (χ0v) is 11.7. The van der Waals surface area contributed by atoms with Crippen molar-refractivity contribution in [3.63, 3.8) is 0 Å². The zero-order chi connectivity index (χ0) is 16.1. The summed E-state index contributed by atoms with van der Waals surface area (Å²) in [6.45, 7) is 1.55. The van der Waals surface area contributed by atoms with E-state index in [-0.39, 0.29) is 11.4 Å². The highest BCUT2D eigenvalue weighted by atomic mass is 19.1. The molecule has 0 N–H and O–H groups in total. The number of benzene rings is 2. The molecule has 6 heteroatoms. The third-order valence-corrected chi connectivity index (χ3v) is 2.84. The van der Waals surface area contributed by atoms with E-state index >= 15 is 0 Å². The average Bonchev–Trinajstić information content (AvgIpc) is 2.45. The normalized spacial score (nSPS) is 10.6. The lowest BCUT2D eigenvalue weighted by atomic mass is 10.2. The Morgan fingerprint density at radius 2 is 2.05 bits per heavy atom. The molecule has 0 aliphatic heterocycles. The fraction of sp³-hybridized carbons (Fsp3) is 0.0625. The van der Waals surface area contributed by atoms with Crippen LogP contribution in [0, 0.1) is 22.9 Å². The van der Waals surface area contributed by atoms with Crippen molar-refractivity contribution in [2.45, 2.75) is 6.92 Å². The van der Waals surface area contributed by atoms with E-state index in [4.69, 9.17) is 4.74 Å². The first kappa shape index (κ1) is 15.4. The Bertz CT molecular complexity index is 756. The number of rotatable bonds is 4. The fourth-order valence-electron chi connectivity index (χ4n) is 1.82. The molecule has 0 saturated carbocycles. The molecule has 0 saturated heterocycles. The molecular weight excluding hydrogens is 289 g/mol. The topological polar surface area (TPSA) is 69.4 Å². The Hall–Kier alpha value is -3.02. The molecule has 0 aromatic heterocycles. The van der Waals surface area contributed by atoms with E-state index in [1.165, 1.54) is 42.5 Å². The number of ether oxygens (including phenoxy) is 1. The lowest BCUT2D eigenvalue weighted by Gasteiger charge is -2.03. The van der Waals surface area contributed by atoms with Crippen LogP contribution < -0.4 is 4.74 Å². The average molecular weight is 301 g/mol. The van der Waals surface area contributed by atoms with Gasteiger partial charge in [0.2, 0.25) is 0 Å². The maximum Gasteiger partial charge on any atom is 0.336 e. The van der Waals surface area contributed by atoms with Gasteiger partial charge < -0.3 is 4.74 Å². The van der Waals surface area contributed by atoms with Gasteiger partial charge in [0.05, 0.1) is 4.92 Å². The number of esters is 1. The van der Waals surface area contributed by atoms with Crippen LogP contribution in [0.4, 0.5) is 10.1 Å². The summed E-state index contributed by atoms with van der Waals surface area (Å²) in [5.41, 5.74) is 0.872. The summed E-state index contributed by atoms with van der Waals surface area (Å²) in [6, 6.07) is 9.78. The van der Waals surface area contributed by atoms with Crippen molar-refractivity contribution in [3.05, 3.63) is 75.6 Å². The van der Waals surface area contributed by atoms with E-state index < -0.39 is 16.7 Å². The van der Waals surface area contributed by atoms with Crippen LogP contribution in [0.25, 0.3) is 6.08 Å². The van der Waals surface area contributed by atoms with Crippen LogP contribution >= 0.6 is 0 Å². The van der Waals surface area contributed by atoms with Crippen LogP contribution in [-0.4, -0.2) is 10.9 Å². The van der Waals surface area contributed by atoms with E-state index in [1.807, 2.05) is 0 Å². The van der Waals surface area contributed by atoms with Crippen LogP contribution in [0.3, 0.4) is 0 Å². The predicted octanol–water partition coefficient (Wildman–Crippen LogP) is 3.66. The fourth-order valence-corrected chi connectivity index (χ4v) is 1.82. The Kier molecular flexibility index (Phi) is 4.63. The van der Waals surface area contributed by atoms with Crippen LogP contribution in [0.15, 0.2) is 48.5 Å². The van der Waals surface area contributed by atoms with Gasteiger partial charge in [0.15, 0.2) is 0 Å². The first-order chi connectivity index (χ1) is 10.5. The summed E-state index contributed by atoms with van der Waals surface area (Å²) in [5.74, 6) is -0.851. The molecule has 0 unspecified atom stereocenters. The minimum Gasteiger partial charge on any atom is -0.423 e. The largest absolute Gasteiger partial charge is 0.423 e. The molecule has 0 fully saturated rings. The van der Waals surface area contributed by atoms with Crippen LogP contribution in [0.2, 0.25) is 0 Å². The van der Waals surface area contributed by atoms with Gasteiger partial charge in [-0.2, -0.15) is 0 Å². The smallest absolute Gasteiger partial charge is 0.336 e. The Morgan fingerprint density at radius 3 is 2.68 bits per heavy atom. The van der Waals surface area contributed by atoms with Crippen molar-refractivity contribution in [2.75, 3.05) is 0 Å². The third kappa shape index (κ3) is 3.99. The summed E-state index contributed by atoms with van der Waals surface area (Å²) in [7, 11) is 0.